The molecule has 0 heterocycles. The highest BCUT2D eigenvalue weighted by Crippen LogP contribution is 2.28. The lowest BCUT2D eigenvalue weighted by atomic mass is 10.1. The van der Waals surface area contributed by atoms with Gasteiger partial charge >= 0.3 is 0 Å². The van der Waals surface area contributed by atoms with Crippen LogP contribution in [-0.4, -0.2) is 26.4 Å². The van der Waals surface area contributed by atoms with Gasteiger partial charge in [-0.15, -0.1) is 0 Å². The fourth-order valence-electron chi connectivity index (χ4n) is 1.96. The van der Waals surface area contributed by atoms with E-state index in [-0.39, 0.29) is 11.4 Å². The van der Waals surface area contributed by atoms with Crippen LogP contribution in [0.1, 0.15) is 45.4 Å². The first-order valence-corrected chi connectivity index (χ1v) is 9.25. The van der Waals surface area contributed by atoms with Crippen molar-refractivity contribution in [3.8, 4) is 11.5 Å². The lowest BCUT2D eigenvalue weighted by Gasteiger charge is -2.10. The molecule has 1 rings (SSSR count). The van der Waals surface area contributed by atoms with Crippen molar-refractivity contribution < 1.29 is 18.3 Å². The number of nitrogens with one attached hydrogen (secondary N) is 1. The van der Waals surface area contributed by atoms with Gasteiger partial charge in [0.2, 0.25) is 10.0 Å². The zero-order chi connectivity index (χ0) is 15.7. The van der Waals surface area contributed by atoms with Gasteiger partial charge in [0.15, 0.2) is 0 Å². The molecule has 0 aliphatic rings. The van der Waals surface area contributed by atoms with Crippen molar-refractivity contribution in [3.63, 3.8) is 0 Å². The van der Waals surface area contributed by atoms with Crippen LogP contribution in [0.25, 0.3) is 0 Å². The molecule has 0 spiro atoms. The second-order valence-corrected chi connectivity index (χ2v) is 6.92. The molecule has 120 valence electrons. The van der Waals surface area contributed by atoms with Crippen LogP contribution < -0.4 is 9.46 Å². The number of phenolic OH excluding ortho intramolecular Hbond substituents is 1. The van der Waals surface area contributed by atoms with Gasteiger partial charge in [-0.25, -0.2) is 8.42 Å². The van der Waals surface area contributed by atoms with Crippen LogP contribution >= 0.6 is 0 Å². The third-order valence-corrected chi connectivity index (χ3v) is 3.62. The monoisotopic (exact) mass is 315 g/mol. The molecule has 0 aliphatic carbocycles. The summed E-state index contributed by atoms with van der Waals surface area (Å²) in [5.41, 5.74) is 0.157. The molecule has 5 nitrogen and oxygen atoms in total. The molecule has 0 amide bonds. The van der Waals surface area contributed by atoms with E-state index in [1.54, 1.807) is 6.07 Å². The van der Waals surface area contributed by atoms with Crippen LogP contribution in [0.4, 0.5) is 5.69 Å². The summed E-state index contributed by atoms with van der Waals surface area (Å²) in [6.45, 7) is 2.79. The number of unbranched alkanes of at least 4 members (excludes halogenated alkanes) is 5. The summed E-state index contributed by atoms with van der Waals surface area (Å²) < 4.78 is 30.0. The molecule has 1 aromatic rings. The summed E-state index contributed by atoms with van der Waals surface area (Å²) in [5.74, 6) is 0.404. The SMILES string of the molecule is CCCCCCCCOc1ccc(NS(C)(=O)=O)c(O)c1. The topological polar surface area (TPSA) is 75.6 Å². The minimum atomic E-state index is -3.40. The standard InChI is InChI=1S/C15H25NO4S/c1-3-4-5-6-7-8-11-20-13-9-10-14(15(17)12-13)16-21(2,18)19/h9-10,12,16-17H,3-8,11H2,1-2H3. The van der Waals surface area contributed by atoms with Crippen molar-refractivity contribution in [2.45, 2.75) is 45.4 Å². The fourth-order valence-corrected chi connectivity index (χ4v) is 2.53. The Morgan fingerprint density at radius 2 is 1.81 bits per heavy atom. The van der Waals surface area contributed by atoms with Gasteiger partial charge in [0, 0.05) is 6.07 Å². The summed E-state index contributed by atoms with van der Waals surface area (Å²) in [4.78, 5) is 0. The van der Waals surface area contributed by atoms with Crippen LogP contribution in [0.5, 0.6) is 11.5 Å². The van der Waals surface area contributed by atoms with Gasteiger partial charge in [0.05, 0.1) is 18.6 Å². The zero-order valence-corrected chi connectivity index (χ0v) is 13.6. The third kappa shape index (κ3) is 7.80. The number of rotatable bonds is 10. The van der Waals surface area contributed by atoms with Crippen LogP contribution in [0.2, 0.25) is 0 Å². The maximum Gasteiger partial charge on any atom is 0.229 e. The number of aromatic hydroxyl groups is 1. The number of hydrogen-bond donors (Lipinski definition) is 2. The number of benzene rings is 1. The molecule has 0 radical (unpaired) electrons. The molecule has 0 atom stereocenters. The Balaban J connectivity index is 2.35. The predicted octanol–water partition coefficient (Wildman–Crippen LogP) is 3.50. The Kier molecular flexibility index (Phi) is 7.36. The fraction of sp³-hybridized carbons (Fsp3) is 0.600. The first-order chi connectivity index (χ1) is 9.92. The molecule has 0 aromatic heterocycles. The largest absolute Gasteiger partial charge is 0.506 e. The van der Waals surface area contributed by atoms with Gasteiger partial charge in [-0.2, -0.15) is 0 Å². The minimum absolute atomic E-state index is 0.138. The van der Waals surface area contributed by atoms with Crippen molar-refractivity contribution >= 4 is 15.7 Å². The molecule has 0 saturated carbocycles. The van der Waals surface area contributed by atoms with Crippen molar-refractivity contribution in [1.82, 2.24) is 0 Å². The lowest BCUT2D eigenvalue weighted by Crippen LogP contribution is -2.09. The average Bonchev–Trinajstić information content (AvgIpc) is 2.39. The van der Waals surface area contributed by atoms with E-state index in [4.69, 9.17) is 4.74 Å². The Morgan fingerprint density at radius 1 is 1.14 bits per heavy atom. The molecule has 21 heavy (non-hydrogen) atoms. The highest BCUT2D eigenvalue weighted by atomic mass is 32.2. The molecular formula is C15H25NO4S. The van der Waals surface area contributed by atoms with Crippen molar-refractivity contribution in [2.24, 2.45) is 0 Å². The summed E-state index contributed by atoms with van der Waals surface area (Å²) in [5, 5.41) is 9.75. The van der Waals surface area contributed by atoms with Crippen LogP contribution in [0.15, 0.2) is 18.2 Å². The van der Waals surface area contributed by atoms with Crippen LogP contribution in [-0.2, 0) is 10.0 Å². The van der Waals surface area contributed by atoms with E-state index in [1.165, 1.54) is 37.8 Å². The first kappa shape index (κ1) is 17.6. The lowest BCUT2D eigenvalue weighted by molar-refractivity contribution is 0.303. The maximum atomic E-state index is 11.1. The van der Waals surface area contributed by atoms with Gasteiger partial charge in [0.1, 0.15) is 11.5 Å². The van der Waals surface area contributed by atoms with Crippen LogP contribution in [0, 0.1) is 0 Å². The molecular weight excluding hydrogens is 290 g/mol. The second-order valence-electron chi connectivity index (χ2n) is 5.17. The van der Waals surface area contributed by atoms with Crippen molar-refractivity contribution in [2.75, 3.05) is 17.6 Å². The number of phenols is 1. The highest BCUT2D eigenvalue weighted by Gasteiger charge is 2.08. The summed E-state index contributed by atoms with van der Waals surface area (Å²) in [6, 6.07) is 4.56. The van der Waals surface area contributed by atoms with Gasteiger partial charge < -0.3 is 9.84 Å². The van der Waals surface area contributed by atoms with Gasteiger partial charge in [0.25, 0.3) is 0 Å². The van der Waals surface area contributed by atoms with Crippen LogP contribution in [0.3, 0.4) is 0 Å². The Labute approximate surface area is 127 Å². The third-order valence-electron chi connectivity index (χ3n) is 3.03. The number of ether oxygens (including phenoxy) is 1. The van der Waals surface area contributed by atoms with E-state index in [0.717, 1.165) is 19.1 Å². The van der Waals surface area contributed by atoms with Gasteiger partial charge in [-0.1, -0.05) is 39.0 Å². The maximum absolute atomic E-state index is 11.1. The Hall–Kier alpha value is -1.43. The molecule has 1 aromatic carbocycles. The second kappa shape index (κ2) is 8.77. The van der Waals surface area contributed by atoms with Crippen molar-refractivity contribution in [1.29, 1.82) is 0 Å². The molecule has 0 saturated heterocycles. The molecule has 0 unspecified atom stereocenters. The number of anilines is 1. The number of sulfonamides is 1. The molecule has 0 aliphatic heterocycles. The summed E-state index contributed by atoms with van der Waals surface area (Å²) in [6.07, 6.45) is 8.17. The number of hydrogen-bond acceptors (Lipinski definition) is 4. The van der Waals surface area contributed by atoms with E-state index in [0.29, 0.717) is 12.4 Å². The zero-order valence-electron chi connectivity index (χ0n) is 12.8. The minimum Gasteiger partial charge on any atom is -0.506 e. The van der Waals surface area contributed by atoms with E-state index in [1.807, 2.05) is 0 Å². The quantitative estimate of drug-likeness (QED) is 0.512. The average molecular weight is 315 g/mol. The van der Waals surface area contributed by atoms with Crippen molar-refractivity contribution in [3.05, 3.63) is 18.2 Å². The predicted molar refractivity (Wildman–Crippen MR) is 85.4 cm³/mol. The summed E-state index contributed by atoms with van der Waals surface area (Å²) >= 11 is 0. The summed E-state index contributed by atoms with van der Waals surface area (Å²) in [7, 11) is -3.40. The normalized spacial score (nSPS) is 11.3. The Bertz CT molecular complexity index is 528. The smallest absolute Gasteiger partial charge is 0.229 e. The van der Waals surface area contributed by atoms with Gasteiger partial charge in [-0.3, -0.25) is 4.72 Å². The molecule has 2 N–H and O–H groups in total. The van der Waals surface area contributed by atoms with E-state index >= 15 is 0 Å². The molecule has 6 heteroatoms. The van der Waals surface area contributed by atoms with E-state index < -0.39 is 10.0 Å². The van der Waals surface area contributed by atoms with Gasteiger partial charge in [-0.05, 0) is 18.6 Å². The molecule has 0 bridgehead atoms. The first-order valence-electron chi connectivity index (χ1n) is 7.36. The Morgan fingerprint density at radius 3 is 2.43 bits per heavy atom. The highest BCUT2D eigenvalue weighted by molar-refractivity contribution is 7.92. The van der Waals surface area contributed by atoms with E-state index in [2.05, 4.69) is 11.6 Å². The molecule has 0 fully saturated rings. The van der Waals surface area contributed by atoms with E-state index in [9.17, 15) is 13.5 Å².